The molecule has 5 heteroatoms. The topological polar surface area (TPSA) is 63.6 Å². The smallest absolute Gasteiger partial charge is 0.295 e. The molecule has 0 saturated carbocycles. The maximum absolute atomic E-state index is 11.0. The predicted octanol–water partition coefficient (Wildman–Crippen LogP) is 1.46. The van der Waals surface area contributed by atoms with Crippen LogP contribution in [0, 0.1) is 0 Å². The fourth-order valence-electron chi connectivity index (χ4n) is 0.731. The van der Waals surface area contributed by atoms with Crippen LogP contribution in [0.5, 0.6) is 0 Å². The summed E-state index contributed by atoms with van der Waals surface area (Å²) in [5.41, 5.74) is 0.548. The van der Waals surface area contributed by atoms with Crippen molar-refractivity contribution in [1.82, 2.24) is 0 Å². The van der Waals surface area contributed by atoms with E-state index in [9.17, 15) is 9.00 Å². The SMILES string of the molecule is C=C(C)C(=O)CCCCOS(=O)O. The zero-order chi connectivity index (χ0) is 10.3. The van der Waals surface area contributed by atoms with Gasteiger partial charge in [-0.2, -0.15) is 4.21 Å². The van der Waals surface area contributed by atoms with Crippen LogP contribution in [0.3, 0.4) is 0 Å². The summed E-state index contributed by atoms with van der Waals surface area (Å²) in [7, 11) is 0. The molecule has 0 aliphatic heterocycles. The molecule has 1 atom stereocenters. The molecule has 1 unspecified atom stereocenters. The van der Waals surface area contributed by atoms with E-state index in [2.05, 4.69) is 10.8 Å². The normalized spacial score (nSPS) is 12.5. The number of Topliss-reactive ketones (excluding diaryl/α,β-unsaturated/α-hetero) is 1. The summed E-state index contributed by atoms with van der Waals surface area (Å²) in [6.45, 7) is 5.38. The Kier molecular flexibility index (Phi) is 6.66. The van der Waals surface area contributed by atoms with Crippen LogP contribution in [0.4, 0.5) is 0 Å². The Bertz CT molecular complexity index is 212. The molecule has 0 aliphatic rings. The third-order valence-corrected chi connectivity index (χ3v) is 1.83. The van der Waals surface area contributed by atoms with Crippen LogP contribution in [0.1, 0.15) is 26.2 Å². The molecule has 0 bridgehead atoms. The monoisotopic (exact) mass is 206 g/mol. The van der Waals surface area contributed by atoms with Crippen molar-refractivity contribution in [3.05, 3.63) is 12.2 Å². The van der Waals surface area contributed by atoms with Crippen molar-refractivity contribution in [2.75, 3.05) is 6.61 Å². The van der Waals surface area contributed by atoms with Gasteiger partial charge in [-0.1, -0.05) is 6.58 Å². The van der Waals surface area contributed by atoms with E-state index >= 15 is 0 Å². The Morgan fingerprint density at radius 3 is 2.62 bits per heavy atom. The summed E-state index contributed by atoms with van der Waals surface area (Å²) in [6, 6.07) is 0. The third-order valence-electron chi connectivity index (χ3n) is 1.46. The van der Waals surface area contributed by atoms with Gasteiger partial charge in [-0.3, -0.25) is 13.5 Å². The van der Waals surface area contributed by atoms with E-state index in [4.69, 9.17) is 4.55 Å². The minimum atomic E-state index is -2.19. The Balaban J connectivity index is 3.31. The highest BCUT2D eigenvalue weighted by Gasteiger charge is 2.01. The van der Waals surface area contributed by atoms with E-state index in [1.807, 2.05) is 0 Å². The molecule has 76 valence electrons. The van der Waals surface area contributed by atoms with Crippen molar-refractivity contribution in [2.24, 2.45) is 0 Å². The molecular weight excluding hydrogens is 192 g/mol. The second kappa shape index (κ2) is 6.94. The largest absolute Gasteiger partial charge is 0.301 e. The maximum atomic E-state index is 11.0. The lowest BCUT2D eigenvalue weighted by Crippen LogP contribution is -2.01. The van der Waals surface area contributed by atoms with Crippen LogP contribution in [0.2, 0.25) is 0 Å². The molecule has 0 heterocycles. The molecule has 0 spiro atoms. The molecule has 0 radical (unpaired) electrons. The summed E-state index contributed by atoms with van der Waals surface area (Å²) in [6.07, 6.45) is 1.69. The lowest BCUT2D eigenvalue weighted by Gasteiger charge is -1.99. The summed E-state index contributed by atoms with van der Waals surface area (Å²) in [5.74, 6) is 0.0325. The van der Waals surface area contributed by atoms with Crippen molar-refractivity contribution < 1.29 is 17.7 Å². The first-order chi connectivity index (χ1) is 6.04. The van der Waals surface area contributed by atoms with Crippen molar-refractivity contribution >= 4 is 17.1 Å². The molecule has 1 N–H and O–H groups in total. The Labute approximate surface area is 80.5 Å². The lowest BCUT2D eigenvalue weighted by atomic mass is 10.1. The second-order valence-corrected chi connectivity index (χ2v) is 3.37. The van der Waals surface area contributed by atoms with Crippen molar-refractivity contribution in [1.29, 1.82) is 0 Å². The van der Waals surface area contributed by atoms with E-state index in [0.717, 1.165) is 0 Å². The number of hydrogen-bond donors (Lipinski definition) is 1. The van der Waals surface area contributed by atoms with E-state index in [0.29, 0.717) is 24.8 Å². The van der Waals surface area contributed by atoms with Gasteiger partial charge in [0.1, 0.15) is 0 Å². The molecule has 0 aromatic heterocycles. The minimum Gasteiger partial charge on any atom is -0.295 e. The van der Waals surface area contributed by atoms with Crippen LogP contribution in [-0.2, 0) is 20.3 Å². The van der Waals surface area contributed by atoms with Gasteiger partial charge in [0, 0.05) is 6.42 Å². The fraction of sp³-hybridized carbons (Fsp3) is 0.625. The Morgan fingerprint density at radius 2 is 2.15 bits per heavy atom. The van der Waals surface area contributed by atoms with Crippen LogP contribution in [0.15, 0.2) is 12.2 Å². The number of ketones is 1. The van der Waals surface area contributed by atoms with Crippen LogP contribution >= 0.6 is 0 Å². The van der Waals surface area contributed by atoms with E-state index in [1.165, 1.54) is 0 Å². The van der Waals surface area contributed by atoms with Crippen LogP contribution in [-0.4, -0.2) is 21.2 Å². The third kappa shape index (κ3) is 7.83. The van der Waals surface area contributed by atoms with E-state index < -0.39 is 11.4 Å². The van der Waals surface area contributed by atoms with Gasteiger partial charge < -0.3 is 0 Å². The van der Waals surface area contributed by atoms with Crippen molar-refractivity contribution in [2.45, 2.75) is 26.2 Å². The van der Waals surface area contributed by atoms with Crippen LogP contribution in [0.25, 0.3) is 0 Å². The molecule has 0 aromatic carbocycles. The number of unbranched alkanes of at least 4 members (excludes halogenated alkanes) is 1. The Hall–Kier alpha value is -0.520. The second-order valence-electron chi connectivity index (χ2n) is 2.70. The summed E-state index contributed by atoms with van der Waals surface area (Å²) >= 11 is -2.19. The number of hydrogen-bond acceptors (Lipinski definition) is 3. The predicted molar refractivity (Wildman–Crippen MR) is 50.4 cm³/mol. The molecule has 0 fully saturated rings. The maximum Gasteiger partial charge on any atom is 0.301 e. The summed E-state index contributed by atoms with van der Waals surface area (Å²) in [4.78, 5) is 11.0. The summed E-state index contributed by atoms with van der Waals surface area (Å²) in [5, 5.41) is 0. The van der Waals surface area contributed by atoms with Crippen molar-refractivity contribution in [3.63, 3.8) is 0 Å². The first-order valence-corrected chi connectivity index (χ1v) is 5.00. The average molecular weight is 206 g/mol. The highest BCUT2D eigenvalue weighted by Crippen LogP contribution is 2.02. The average Bonchev–Trinajstić information content (AvgIpc) is 2.02. The van der Waals surface area contributed by atoms with Gasteiger partial charge >= 0.3 is 11.4 Å². The number of carbonyl (C=O) groups is 1. The van der Waals surface area contributed by atoms with E-state index in [1.54, 1.807) is 6.92 Å². The first kappa shape index (κ1) is 12.5. The molecule has 0 rings (SSSR count). The Morgan fingerprint density at radius 1 is 1.54 bits per heavy atom. The zero-order valence-corrected chi connectivity index (χ0v) is 8.43. The quantitative estimate of drug-likeness (QED) is 0.389. The molecule has 0 amide bonds. The standard InChI is InChI=1S/C8H14O4S/c1-7(2)8(9)5-3-4-6-12-13(10)11/h1,3-6H2,2H3,(H,10,11). The van der Waals surface area contributed by atoms with Gasteiger partial charge in [-0.15, -0.1) is 0 Å². The number of allylic oxidation sites excluding steroid dienone is 1. The molecule has 0 aliphatic carbocycles. The molecule has 13 heavy (non-hydrogen) atoms. The van der Waals surface area contributed by atoms with Gasteiger partial charge in [0.15, 0.2) is 5.78 Å². The van der Waals surface area contributed by atoms with Gasteiger partial charge in [0.05, 0.1) is 6.61 Å². The number of carbonyl (C=O) groups excluding carboxylic acids is 1. The molecular formula is C8H14O4S. The fourth-order valence-corrected chi connectivity index (χ4v) is 0.992. The van der Waals surface area contributed by atoms with Gasteiger partial charge in [0.25, 0.3) is 0 Å². The lowest BCUT2D eigenvalue weighted by molar-refractivity contribution is -0.115. The highest BCUT2D eigenvalue weighted by molar-refractivity contribution is 7.74. The molecule has 4 nitrogen and oxygen atoms in total. The molecule has 0 saturated heterocycles. The van der Waals surface area contributed by atoms with Gasteiger partial charge in [-0.05, 0) is 25.3 Å². The van der Waals surface area contributed by atoms with E-state index in [-0.39, 0.29) is 12.4 Å². The number of rotatable bonds is 7. The van der Waals surface area contributed by atoms with Crippen LogP contribution < -0.4 is 0 Å². The minimum absolute atomic E-state index is 0.0325. The van der Waals surface area contributed by atoms with Gasteiger partial charge in [-0.25, -0.2) is 0 Å². The first-order valence-electron chi connectivity index (χ1n) is 3.97. The zero-order valence-electron chi connectivity index (χ0n) is 7.62. The van der Waals surface area contributed by atoms with Crippen molar-refractivity contribution in [3.8, 4) is 0 Å². The highest BCUT2D eigenvalue weighted by atomic mass is 32.2. The molecule has 0 aromatic rings. The van der Waals surface area contributed by atoms with Gasteiger partial charge in [0.2, 0.25) is 0 Å². The summed E-state index contributed by atoms with van der Waals surface area (Å²) < 4.78 is 22.6.